The van der Waals surface area contributed by atoms with E-state index in [-0.39, 0.29) is 5.60 Å². The Morgan fingerprint density at radius 1 is 1.00 bits per heavy atom. The molecule has 0 bridgehead atoms. The van der Waals surface area contributed by atoms with Crippen molar-refractivity contribution in [2.75, 3.05) is 13.1 Å². The van der Waals surface area contributed by atoms with Crippen LogP contribution in [-0.4, -0.2) is 24.8 Å². The molecule has 0 radical (unpaired) electrons. The first-order valence-corrected chi connectivity index (χ1v) is 8.23. The van der Waals surface area contributed by atoms with Gasteiger partial charge in [0.1, 0.15) is 0 Å². The molecule has 2 aliphatic carbocycles. The third-order valence-electron chi connectivity index (χ3n) is 4.67. The Hall–Kier alpha value is -0.0800. The summed E-state index contributed by atoms with van der Waals surface area (Å²) >= 11 is 0. The van der Waals surface area contributed by atoms with E-state index in [9.17, 15) is 0 Å². The second kappa shape index (κ2) is 7.49. The lowest BCUT2D eigenvalue weighted by Crippen LogP contribution is -2.45. The summed E-state index contributed by atoms with van der Waals surface area (Å²) in [6, 6.07) is 0. The highest BCUT2D eigenvalue weighted by Gasteiger charge is 2.39. The van der Waals surface area contributed by atoms with Crippen LogP contribution in [0.3, 0.4) is 0 Å². The SMILES string of the molecule is CCCNCCC1(OC2CCCCCC2)CCC1. The van der Waals surface area contributed by atoms with Crippen molar-refractivity contribution in [1.29, 1.82) is 0 Å². The highest BCUT2D eigenvalue weighted by molar-refractivity contribution is 4.91. The van der Waals surface area contributed by atoms with Gasteiger partial charge in [-0.15, -0.1) is 0 Å². The molecular formula is C16H31NO. The van der Waals surface area contributed by atoms with Gasteiger partial charge in [0, 0.05) is 0 Å². The molecule has 0 aromatic heterocycles. The Morgan fingerprint density at radius 2 is 1.72 bits per heavy atom. The Morgan fingerprint density at radius 3 is 2.28 bits per heavy atom. The lowest BCUT2D eigenvalue weighted by atomic mass is 9.77. The number of hydrogen-bond acceptors (Lipinski definition) is 2. The van der Waals surface area contributed by atoms with Crippen LogP contribution in [0.5, 0.6) is 0 Å². The summed E-state index contributed by atoms with van der Waals surface area (Å²) in [4.78, 5) is 0. The van der Waals surface area contributed by atoms with Gasteiger partial charge in [-0.25, -0.2) is 0 Å². The monoisotopic (exact) mass is 253 g/mol. The fraction of sp³-hybridized carbons (Fsp3) is 1.00. The highest BCUT2D eigenvalue weighted by atomic mass is 16.5. The van der Waals surface area contributed by atoms with Crippen molar-refractivity contribution in [1.82, 2.24) is 5.32 Å². The lowest BCUT2D eigenvalue weighted by molar-refractivity contribution is -0.146. The largest absolute Gasteiger partial charge is 0.372 e. The summed E-state index contributed by atoms with van der Waals surface area (Å²) < 4.78 is 6.54. The van der Waals surface area contributed by atoms with E-state index in [1.165, 1.54) is 70.6 Å². The second-order valence-corrected chi connectivity index (χ2v) is 6.27. The standard InChI is InChI=1S/C16H31NO/c1-2-13-17-14-12-16(10-7-11-16)18-15-8-5-3-4-6-9-15/h15,17H,2-14H2,1H3. The molecule has 0 aliphatic heterocycles. The third kappa shape index (κ3) is 4.24. The maximum Gasteiger partial charge on any atom is 0.0698 e. The van der Waals surface area contributed by atoms with Crippen LogP contribution < -0.4 is 5.32 Å². The van der Waals surface area contributed by atoms with E-state index in [1.54, 1.807) is 0 Å². The van der Waals surface area contributed by atoms with Gasteiger partial charge in [-0.2, -0.15) is 0 Å². The van der Waals surface area contributed by atoms with Gasteiger partial charge in [0.05, 0.1) is 11.7 Å². The number of rotatable bonds is 7. The minimum absolute atomic E-state index is 0.260. The normalized spacial score (nSPS) is 24.5. The van der Waals surface area contributed by atoms with Crippen molar-refractivity contribution in [2.24, 2.45) is 0 Å². The number of ether oxygens (including phenoxy) is 1. The fourth-order valence-corrected chi connectivity index (χ4v) is 3.33. The predicted molar refractivity (Wildman–Crippen MR) is 76.9 cm³/mol. The molecule has 106 valence electrons. The van der Waals surface area contributed by atoms with Gasteiger partial charge in [0.2, 0.25) is 0 Å². The van der Waals surface area contributed by atoms with Crippen LogP contribution in [-0.2, 0) is 4.74 Å². The molecule has 0 amide bonds. The second-order valence-electron chi connectivity index (χ2n) is 6.27. The van der Waals surface area contributed by atoms with Crippen molar-refractivity contribution in [3.63, 3.8) is 0 Å². The first-order chi connectivity index (χ1) is 8.85. The molecule has 0 unspecified atom stereocenters. The average Bonchev–Trinajstić information content (AvgIpc) is 2.59. The third-order valence-corrected chi connectivity index (χ3v) is 4.67. The summed E-state index contributed by atoms with van der Waals surface area (Å²) in [5.41, 5.74) is 0.260. The van der Waals surface area contributed by atoms with Crippen LogP contribution >= 0.6 is 0 Å². The molecule has 0 atom stereocenters. The molecule has 2 nitrogen and oxygen atoms in total. The van der Waals surface area contributed by atoms with Crippen LogP contribution in [0.1, 0.15) is 77.6 Å². The van der Waals surface area contributed by atoms with E-state index in [0.717, 1.165) is 13.1 Å². The molecule has 0 aromatic carbocycles. The molecule has 2 aliphatic rings. The molecule has 1 N–H and O–H groups in total. The van der Waals surface area contributed by atoms with Crippen molar-refractivity contribution >= 4 is 0 Å². The Kier molecular flexibility index (Phi) is 5.97. The first-order valence-electron chi connectivity index (χ1n) is 8.23. The molecule has 18 heavy (non-hydrogen) atoms. The summed E-state index contributed by atoms with van der Waals surface area (Å²) in [5.74, 6) is 0. The van der Waals surface area contributed by atoms with Crippen LogP contribution in [0.2, 0.25) is 0 Å². The molecule has 2 saturated carbocycles. The Labute approximate surface area is 113 Å². The highest BCUT2D eigenvalue weighted by Crippen LogP contribution is 2.41. The van der Waals surface area contributed by atoms with Crippen LogP contribution in [0, 0.1) is 0 Å². The number of nitrogens with one attached hydrogen (secondary N) is 1. The molecule has 0 heterocycles. The maximum atomic E-state index is 6.54. The summed E-state index contributed by atoms with van der Waals surface area (Å²) in [7, 11) is 0. The summed E-state index contributed by atoms with van der Waals surface area (Å²) in [6.07, 6.45) is 15.2. The van der Waals surface area contributed by atoms with Gasteiger partial charge in [-0.3, -0.25) is 0 Å². The first kappa shape index (κ1) is 14.3. The van der Waals surface area contributed by atoms with Gasteiger partial charge in [-0.1, -0.05) is 32.6 Å². The van der Waals surface area contributed by atoms with E-state index in [0.29, 0.717) is 6.10 Å². The van der Waals surface area contributed by atoms with E-state index >= 15 is 0 Å². The molecule has 2 rings (SSSR count). The van der Waals surface area contributed by atoms with Gasteiger partial charge in [0.15, 0.2) is 0 Å². The average molecular weight is 253 g/mol. The van der Waals surface area contributed by atoms with Gasteiger partial charge < -0.3 is 10.1 Å². The molecule has 0 aromatic rings. The zero-order valence-electron chi connectivity index (χ0n) is 12.2. The minimum atomic E-state index is 0.260. The Balaban J connectivity index is 1.72. The quantitative estimate of drug-likeness (QED) is 0.546. The molecular weight excluding hydrogens is 222 g/mol. The zero-order chi connectivity index (χ0) is 12.7. The van der Waals surface area contributed by atoms with E-state index in [2.05, 4.69) is 12.2 Å². The summed E-state index contributed by atoms with van der Waals surface area (Å²) in [5, 5.41) is 3.53. The molecule has 0 spiro atoms. The van der Waals surface area contributed by atoms with Crippen LogP contribution in [0.4, 0.5) is 0 Å². The number of hydrogen-bond donors (Lipinski definition) is 1. The van der Waals surface area contributed by atoms with Crippen molar-refractivity contribution in [3.05, 3.63) is 0 Å². The zero-order valence-corrected chi connectivity index (χ0v) is 12.2. The van der Waals surface area contributed by atoms with Crippen molar-refractivity contribution in [3.8, 4) is 0 Å². The lowest BCUT2D eigenvalue weighted by Gasteiger charge is -2.44. The molecule has 2 heteroatoms. The Bertz CT molecular complexity index is 217. The van der Waals surface area contributed by atoms with Crippen molar-refractivity contribution in [2.45, 2.75) is 89.3 Å². The summed E-state index contributed by atoms with van der Waals surface area (Å²) in [6.45, 7) is 4.52. The van der Waals surface area contributed by atoms with Crippen LogP contribution in [0.25, 0.3) is 0 Å². The topological polar surface area (TPSA) is 21.3 Å². The van der Waals surface area contributed by atoms with Gasteiger partial charge >= 0.3 is 0 Å². The molecule has 0 saturated heterocycles. The fourth-order valence-electron chi connectivity index (χ4n) is 3.33. The van der Waals surface area contributed by atoms with E-state index in [1.807, 2.05) is 0 Å². The van der Waals surface area contributed by atoms with Gasteiger partial charge in [-0.05, 0) is 58.0 Å². The van der Waals surface area contributed by atoms with Crippen LogP contribution in [0.15, 0.2) is 0 Å². The molecule has 2 fully saturated rings. The smallest absolute Gasteiger partial charge is 0.0698 e. The van der Waals surface area contributed by atoms with E-state index < -0.39 is 0 Å². The van der Waals surface area contributed by atoms with Crippen molar-refractivity contribution < 1.29 is 4.74 Å². The maximum absolute atomic E-state index is 6.54. The van der Waals surface area contributed by atoms with Gasteiger partial charge in [0.25, 0.3) is 0 Å². The minimum Gasteiger partial charge on any atom is -0.372 e. The predicted octanol–water partition coefficient (Wildman–Crippen LogP) is 4.04. The van der Waals surface area contributed by atoms with E-state index in [4.69, 9.17) is 4.74 Å².